The van der Waals surface area contributed by atoms with Crippen LogP contribution in [0.25, 0.3) is 19.9 Å². The first-order chi connectivity index (χ1) is 18.3. The van der Waals surface area contributed by atoms with Gasteiger partial charge in [-0.15, -0.1) is 0 Å². The van der Waals surface area contributed by atoms with E-state index in [0.717, 1.165) is 0 Å². The Kier molecular flexibility index (Phi) is 53.7. The Labute approximate surface area is 337 Å². The van der Waals surface area contributed by atoms with Crippen LogP contribution < -0.4 is 0 Å². The Balaban J connectivity index is -0.0000000743. The molecule has 0 heterocycles. The topological polar surface area (TPSA) is 56.4 Å². The Morgan fingerprint density at radius 1 is 0.318 bits per heavy atom. The summed E-state index contributed by atoms with van der Waals surface area (Å²) in [4.78, 5) is 20.4. The van der Waals surface area contributed by atoms with Crippen molar-refractivity contribution in [1.82, 2.24) is 0 Å². The van der Waals surface area contributed by atoms with Crippen molar-refractivity contribution in [3.05, 3.63) is 47.6 Å². The molecule has 0 aromatic heterocycles. The predicted molar refractivity (Wildman–Crippen MR) is 203 cm³/mol. The molecule has 2 rings (SSSR count). The van der Waals surface area contributed by atoms with Gasteiger partial charge in [0.1, 0.15) is 0 Å². The van der Waals surface area contributed by atoms with Crippen LogP contribution in [-0.2, 0) is 77.9 Å². The first-order valence-corrected chi connectivity index (χ1v) is 29.8. The van der Waals surface area contributed by atoms with Crippen molar-refractivity contribution in [1.29, 1.82) is 0 Å². The van der Waals surface area contributed by atoms with E-state index in [4.69, 9.17) is 19.9 Å². The van der Waals surface area contributed by atoms with Gasteiger partial charge in [0.25, 0.3) is 0 Å². The average Bonchev–Trinajstić information content (AvgIpc) is 2.84. The molecule has 2 aliphatic rings. The fourth-order valence-electron chi connectivity index (χ4n) is 4.78. The van der Waals surface area contributed by atoms with Crippen LogP contribution in [0.1, 0.15) is 79.1 Å². The van der Waals surface area contributed by atoms with Gasteiger partial charge in [-0.1, -0.05) is 163 Å². The van der Waals surface area contributed by atoms with E-state index in [9.17, 15) is 0 Å². The Bertz CT molecular complexity index is 458. The summed E-state index contributed by atoms with van der Waals surface area (Å²) in [6.45, 7) is 48.1. The monoisotopic (exact) mass is 884 g/mol. The van der Waals surface area contributed by atoms with Crippen molar-refractivity contribution >= 4 is 32.9 Å². The molecule has 44 heavy (non-hydrogen) atoms. The van der Waals surface area contributed by atoms with Crippen LogP contribution in [0.4, 0.5) is 0 Å². The molecule has 256 valence electrons. The van der Waals surface area contributed by atoms with E-state index in [-0.39, 0.29) is 77.9 Å². The van der Waals surface area contributed by atoms with Gasteiger partial charge in [-0.2, -0.15) is 51.9 Å². The molecular formula is C32H76N4Si4Zn4-8. The molecule has 2 fully saturated rings. The largest absolute Gasteiger partial charge is 0.663 e. The molecule has 0 N–H and O–H groups in total. The molecule has 4 atom stereocenters. The van der Waals surface area contributed by atoms with Crippen molar-refractivity contribution in [2.45, 2.75) is 182 Å². The average molecular weight is 891 g/mol. The summed E-state index contributed by atoms with van der Waals surface area (Å²) in [6, 6.07) is 2.19. The van der Waals surface area contributed by atoms with Crippen molar-refractivity contribution in [2.24, 2.45) is 0 Å². The maximum atomic E-state index is 5.10. The second-order valence-electron chi connectivity index (χ2n) is 14.0. The zero-order valence-electron chi connectivity index (χ0n) is 33.4. The van der Waals surface area contributed by atoms with Gasteiger partial charge >= 0.3 is 0 Å². The predicted octanol–water partition coefficient (Wildman–Crippen LogP) is 12.8. The van der Waals surface area contributed by atoms with Crippen LogP contribution in [0.3, 0.4) is 0 Å². The number of rotatable bonds is 8. The molecular weight excluding hydrogens is 814 g/mol. The minimum atomic E-state index is -1.28. The van der Waals surface area contributed by atoms with Crippen molar-refractivity contribution in [3.8, 4) is 0 Å². The fraction of sp³-hybridized carbons (Fsp3) is 0.875. The molecule has 0 amide bonds. The van der Waals surface area contributed by atoms with Crippen LogP contribution in [0.2, 0.25) is 78.6 Å². The Morgan fingerprint density at radius 2 is 0.432 bits per heavy atom. The van der Waals surface area contributed by atoms with E-state index < -0.39 is 32.9 Å². The zero-order chi connectivity index (χ0) is 32.8. The molecule has 0 saturated heterocycles. The summed E-state index contributed by atoms with van der Waals surface area (Å²) in [5.74, 6) is 0. The number of hydrogen-bond acceptors (Lipinski definition) is 0. The van der Waals surface area contributed by atoms with Crippen molar-refractivity contribution in [2.75, 3.05) is 0 Å². The minimum Gasteiger partial charge on any atom is -0.663 e. The van der Waals surface area contributed by atoms with Crippen LogP contribution in [-0.4, -0.2) is 57.1 Å². The summed E-state index contributed by atoms with van der Waals surface area (Å²) in [5.41, 5.74) is 0. The first kappa shape index (κ1) is 65.6. The van der Waals surface area contributed by atoms with Crippen molar-refractivity contribution < 1.29 is 77.9 Å². The third kappa shape index (κ3) is 43.2. The molecule has 4 nitrogen and oxygen atoms in total. The molecule has 12 heteroatoms. The summed E-state index contributed by atoms with van der Waals surface area (Å²) >= 11 is 0. The molecule has 0 aliphatic heterocycles. The summed E-state index contributed by atoms with van der Waals surface area (Å²) < 4.78 is 0. The quantitative estimate of drug-likeness (QED) is 0.172. The number of hydrogen-bond donors (Lipinski definition) is 0. The van der Waals surface area contributed by atoms with E-state index >= 15 is 0 Å². The van der Waals surface area contributed by atoms with Gasteiger partial charge in [-0.05, 0) is 0 Å². The van der Waals surface area contributed by atoms with Crippen LogP contribution in [0, 0.1) is 27.7 Å². The van der Waals surface area contributed by atoms with E-state index in [2.05, 4.69) is 106 Å². The standard InChI is InChI=1S/2C12H28N2Si2.4C2H5.4Zn/c2*1-15(2,3)13-11-9-7-8-10-12(11)14-16(4,5)6;4*1-2;;;;/h2*11-12H,7-10H2,1-6H3;4*1H2,2H3;;;;/q2*-2;4*-1;;;;/t2*11-,12+;;;;;;;;. The molecule has 0 aromatic carbocycles. The van der Waals surface area contributed by atoms with E-state index in [1.807, 2.05) is 0 Å². The molecule has 2 aliphatic carbocycles. The van der Waals surface area contributed by atoms with Gasteiger partial charge in [0.15, 0.2) is 0 Å². The Hall–Kier alpha value is 3.20. The van der Waals surface area contributed by atoms with Crippen LogP contribution >= 0.6 is 0 Å². The van der Waals surface area contributed by atoms with Crippen LogP contribution in [0.5, 0.6) is 0 Å². The van der Waals surface area contributed by atoms with Gasteiger partial charge in [0.2, 0.25) is 0 Å². The molecule has 0 spiro atoms. The smallest absolute Gasteiger partial charge is 0 e. The Morgan fingerprint density at radius 3 is 0.523 bits per heavy atom. The van der Waals surface area contributed by atoms with Crippen molar-refractivity contribution in [3.63, 3.8) is 0 Å². The van der Waals surface area contributed by atoms with Gasteiger partial charge in [0.05, 0.1) is 0 Å². The normalized spacial score (nSPS) is 21.0. The van der Waals surface area contributed by atoms with Gasteiger partial charge in [-0.3, -0.25) is 0 Å². The third-order valence-electron chi connectivity index (χ3n) is 5.60. The molecule has 0 radical (unpaired) electrons. The SMILES string of the molecule is C[Si](C)(C)[N-][C@H]1CCCC[C@H]1[N-][Si](C)(C)C.C[Si](C)(C)[N-][C@H]1CCCC[C@H]1[N-][Si](C)(C)C.[CH2-]C.[CH2-]C.[CH2-]C.[CH2-]C.[Zn].[Zn].[Zn].[Zn]. The summed E-state index contributed by atoms with van der Waals surface area (Å²) in [7, 11) is -5.13. The molecule has 0 unspecified atom stereocenters. The maximum Gasteiger partial charge on any atom is 0 e. The molecule has 2 saturated carbocycles. The number of nitrogens with zero attached hydrogens (tertiary/aromatic N) is 4. The van der Waals surface area contributed by atoms with Crippen LogP contribution in [0.15, 0.2) is 0 Å². The van der Waals surface area contributed by atoms with Gasteiger partial charge < -0.3 is 47.6 Å². The van der Waals surface area contributed by atoms with E-state index in [0.29, 0.717) is 24.2 Å². The van der Waals surface area contributed by atoms with Gasteiger partial charge in [-0.25, -0.2) is 0 Å². The second kappa shape index (κ2) is 36.0. The summed E-state index contributed by atoms with van der Waals surface area (Å²) in [5, 5.41) is 0. The van der Waals surface area contributed by atoms with E-state index in [1.54, 1.807) is 27.7 Å². The summed E-state index contributed by atoms with van der Waals surface area (Å²) in [6.07, 6.45) is 10.6. The van der Waals surface area contributed by atoms with E-state index in [1.165, 1.54) is 51.4 Å². The molecule has 0 bridgehead atoms. The first-order valence-electron chi connectivity index (χ1n) is 16.1. The molecule has 0 aromatic rings. The zero-order valence-corrected chi connectivity index (χ0v) is 49.3. The third-order valence-corrected chi connectivity index (χ3v) is 10.0. The fourth-order valence-corrected chi connectivity index (χ4v) is 9.96. The van der Waals surface area contributed by atoms with Gasteiger partial charge in [0, 0.05) is 77.9 Å². The second-order valence-corrected chi connectivity index (χ2v) is 32.4. The maximum absolute atomic E-state index is 5.10. The minimum absolute atomic E-state index is 0.